The summed E-state index contributed by atoms with van der Waals surface area (Å²) >= 11 is 0. The van der Waals surface area contributed by atoms with E-state index in [0.29, 0.717) is 11.8 Å². The van der Waals surface area contributed by atoms with Crippen LogP contribution in [0.3, 0.4) is 0 Å². The molecule has 1 saturated carbocycles. The number of pyridine rings is 1. The van der Waals surface area contributed by atoms with Gasteiger partial charge < -0.3 is 9.88 Å². The molecule has 5 nitrogen and oxygen atoms in total. The van der Waals surface area contributed by atoms with Crippen LogP contribution < -0.4 is 5.56 Å². The van der Waals surface area contributed by atoms with Gasteiger partial charge in [0.1, 0.15) is 0 Å². The summed E-state index contributed by atoms with van der Waals surface area (Å²) in [6.45, 7) is 6.36. The fourth-order valence-corrected chi connectivity index (χ4v) is 3.63. The highest BCUT2D eigenvalue weighted by Crippen LogP contribution is 2.31. The third-order valence-corrected chi connectivity index (χ3v) is 5.38. The van der Waals surface area contributed by atoms with Gasteiger partial charge in [0.15, 0.2) is 0 Å². The van der Waals surface area contributed by atoms with Gasteiger partial charge in [-0.05, 0) is 42.3 Å². The van der Waals surface area contributed by atoms with Crippen LogP contribution >= 0.6 is 0 Å². The largest absolute Gasteiger partial charge is 0.340 e. The molecule has 0 atom stereocenters. The fraction of sp³-hybridized carbons (Fsp3) is 0.500. The monoisotopic (exact) mass is 339 g/mol. The lowest BCUT2D eigenvalue weighted by Gasteiger charge is -2.35. The van der Waals surface area contributed by atoms with Gasteiger partial charge in [-0.1, -0.05) is 19.1 Å². The number of rotatable bonds is 4. The van der Waals surface area contributed by atoms with Crippen molar-refractivity contribution in [3.8, 4) is 0 Å². The Hall–Kier alpha value is -2.14. The first-order valence-corrected chi connectivity index (χ1v) is 9.30. The van der Waals surface area contributed by atoms with Crippen molar-refractivity contribution in [3.05, 3.63) is 45.7 Å². The van der Waals surface area contributed by atoms with Crippen molar-refractivity contribution in [2.45, 2.75) is 32.7 Å². The van der Waals surface area contributed by atoms with Crippen molar-refractivity contribution in [3.63, 3.8) is 0 Å². The van der Waals surface area contributed by atoms with Crippen LogP contribution in [0.25, 0.3) is 10.9 Å². The zero-order chi connectivity index (χ0) is 17.4. The number of carbonyl (C=O) groups excluding carboxylic acids is 1. The second kappa shape index (κ2) is 6.64. The van der Waals surface area contributed by atoms with E-state index in [-0.39, 0.29) is 5.56 Å². The summed E-state index contributed by atoms with van der Waals surface area (Å²) in [4.78, 5) is 31.6. The van der Waals surface area contributed by atoms with Gasteiger partial charge in [0.25, 0.3) is 5.56 Å². The quantitative estimate of drug-likeness (QED) is 0.928. The molecule has 1 aromatic heterocycles. The molecule has 1 aliphatic carbocycles. The van der Waals surface area contributed by atoms with Gasteiger partial charge in [0, 0.05) is 49.7 Å². The molecule has 0 spiro atoms. The smallest absolute Gasteiger partial charge is 0.251 e. The standard InChI is InChI=1S/C20H25N3O2/c1-2-15-12-17-4-3-14(11-18(17)21-19(15)24)13-22-7-9-23(10-8-22)20(25)16-5-6-16/h3-4,11-12,16H,2,5-10,13H2,1H3,(H,21,24). The van der Waals surface area contributed by atoms with E-state index < -0.39 is 0 Å². The lowest BCUT2D eigenvalue weighted by molar-refractivity contribution is -0.134. The number of fused-ring (bicyclic) bond motifs is 1. The van der Waals surface area contributed by atoms with E-state index in [1.165, 1.54) is 5.56 Å². The Morgan fingerprint density at radius 3 is 2.60 bits per heavy atom. The van der Waals surface area contributed by atoms with Crippen LogP contribution in [0, 0.1) is 5.92 Å². The maximum atomic E-state index is 12.1. The van der Waals surface area contributed by atoms with Crippen molar-refractivity contribution in [2.24, 2.45) is 5.92 Å². The van der Waals surface area contributed by atoms with Gasteiger partial charge in [-0.25, -0.2) is 0 Å². The van der Waals surface area contributed by atoms with Gasteiger partial charge in [-0.3, -0.25) is 14.5 Å². The number of amides is 1. The molecule has 1 aliphatic heterocycles. The van der Waals surface area contributed by atoms with Crippen molar-refractivity contribution >= 4 is 16.8 Å². The Labute approximate surface area is 147 Å². The van der Waals surface area contributed by atoms with Crippen molar-refractivity contribution < 1.29 is 4.79 Å². The number of H-pyrrole nitrogens is 1. The molecule has 1 saturated heterocycles. The number of aromatic amines is 1. The Balaban J connectivity index is 1.42. The molecule has 4 rings (SSSR count). The lowest BCUT2D eigenvalue weighted by Crippen LogP contribution is -2.48. The first-order valence-electron chi connectivity index (χ1n) is 9.30. The number of aryl methyl sites for hydroxylation is 1. The van der Waals surface area contributed by atoms with Crippen LogP contribution in [-0.2, 0) is 17.8 Å². The average Bonchev–Trinajstić information content (AvgIpc) is 3.46. The Morgan fingerprint density at radius 1 is 1.16 bits per heavy atom. The molecule has 2 aliphatic rings. The van der Waals surface area contributed by atoms with Crippen molar-refractivity contribution in [2.75, 3.05) is 26.2 Å². The summed E-state index contributed by atoms with van der Waals surface area (Å²) in [6.07, 6.45) is 2.90. The van der Waals surface area contributed by atoms with Crippen LogP contribution in [0.1, 0.15) is 30.9 Å². The Morgan fingerprint density at radius 2 is 1.92 bits per heavy atom. The molecule has 25 heavy (non-hydrogen) atoms. The maximum absolute atomic E-state index is 12.1. The summed E-state index contributed by atoms with van der Waals surface area (Å²) in [7, 11) is 0. The first kappa shape index (κ1) is 16.3. The molecule has 0 radical (unpaired) electrons. The fourth-order valence-electron chi connectivity index (χ4n) is 3.63. The SMILES string of the molecule is CCc1cc2ccc(CN3CCN(C(=O)C4CC4)CC3)cc2[nH]c1=O. The lowest BCUT2D eigenvalue weighted by atomic mass is 10.1. The number of nitrogens with one attached hydrogen (secondary N) is 1. The molecule has 1 N–H and O–H groups in total. The predicted octanol–water partition coefficient (Wildman–Crippen LogP) is 2.14. The molecule has 2 heterocycles. The number of hydrogen-bond acceptors (Lipinski definition) is 3. The van der Waals surface area contributed by atoms with E-state index in [1.807, 2.05) is 17.9 Å². The zero-order valence-corrected chi connectivity index (χ0v) is 14.8. The Kier molecular flexibility index (Phi) is 4.34. The molecule has 1 aromatic carbocycles. The zero-order valence-electron chi connectivity index (χ0n) is 14.8. The molecule has 5 heteroatoms. The molecular formula is C20H25N3O2. The molecule has 0 bridgehead atoms. The second-order valence-electron chi connectivity index (χ2n) is 7.27. The summed E-state index contributed by atoms with van der Waals surface area (Å²) in [5, 5.41) is 1.08. The topological polar surface area (TPSA) is 56.4 Å². The minimum atomic E-state index is 0.0133. The van der Waals surface area contributed by atoms with E-state index in [9.17, 15) is 9.59 Å². The minimum absolute atomic E-state index is 0.0133. The highest BCUT2D eigenvalue weighted by atomic mass is 16.2. The highest BCUT2D eigenvalue weighted by Gasteiger charge is 2.34. The number of benzene rings is 1. The molecule has 0 unspecified atom stereocenters. The van der Waals surface area contributed by atoms with Gasteiger partial charge in [0.05, 0.1) is 0 Å². The van der Waals surface area contributed by atoms with Crippen LogP contribution in [0.5, 0.6) is 0 Å². The normalized spacial score (nSPS) is 18.7. The van der Waals surface area contributed by atoms with E-state index in [0.717, 1.165) is 68.5 Å². The van der Waals surface area contributed by atoms with Gasteiger partial charge in [-0.2, -0.15) is 0 Å². The van der Waals surface area contributed by atoms with Gasteiger partial charge in [0.2, 0.25) is 5.91 Å². The predicted molar refractivity (Wildman–Crippen MR) is 98.5 cm³/mol. The highest BCUT2D eigenvalue weighted by molar-refractivity contribution is 5.81. The maximum Gasteiger partial charge on any atom is 0.251 e. The summed E-state index contributed by atoms with van der Waals surface area (Å²) in [5.74, 6) is 0.673. The average molecular weight is 339 g/mol. The molecule has 1 amide bonds. The van der Waals surface area contributed by atoms with E-state index in [4.69, 9.17) is 0 Å². The Bertz CT molecular complexity index is 846. The van der Waals surface area contributed by atoms with Gasteiger partial charge in [-0.15, -0.1) is 0 Å². The molecule has 132 valence electrons. The number of carbonyl (C=O) groups is 1. The van der Waals surface area contributed by atoms with Gasteiger partial charge >= 0.3 is 0 Å². The van der Waals surface area contributed by atoms with Crippen LogP contribution in [0.15, 0.2) is 29.1 Å². The molecule has 2 fully saturated rings. The van der Waals surface area contributed by atoms with Crippen LogP contribution in [0.2, 0.25) is 0 Å². The van der Waals surface area contributed by atoms with Crippen molar-refractivity contribution in [1.82, 2.24) is 14.8 Å². The molecular weight excluding hydrogens is 314 g/mol. The van der Waals surface area contributed by atoms with E-state index in [1.54, 1.807) is 0 Å². The molecule has 2 aromatic rings. The number of piperazine rings is 1. The summed E-state index contributed by atoms with van der Waals surface area (Å²) in [5.41, 5.74) is 2.95. The van der Waals surface area contributed by atoms with Crippen LogP contribution in [-0.4, -0.2) is 46.9 Å². The third kappa shape index (κ3) is 3.47. The summed E-state index contributed by atoms with van der Waals surface area (Å²) in [6, 6.07) is 8.30. The number of hydrogen-bond donors (Lipinski definition) is 1. The van der Waals surface area contributed by atoms with Crippen LogP contribution in [0.4, 0.5) is 0 Å². The number of aromatic nitrogens is 1. The summed E-state index contributed by atoms with van der Waals surface area (Å²) < 4.78 is 0. The third-order valence-electron chi connectivity index (χ3n) is 5.38. The minimum Gasteiger partial charge on any atom is -0.340 e. The first-order chi connectivity index (χ1) is 12.1. The van der Waals surface area contributed by atoms with Crippen molar-refractivity contribution in [1.29, 1.82) is 0 Å². The number of nitrogens with zero attached hydrogens (tertiary/aromatic N) is 2. The van der Waals surface area contributed by atoms with E-state index >= 15 is 0 Å². The second-order valence-corrected chi connectivity index (χ2v) is 7.27. The van der Waals surface area contributed by atoms with E-state index in [2.05, 4.69) is 28.1 Å².